The Morgan fingerprint density at radius 1 is 0.935 bits per heavy atom. The highest BCUT2D eigenvalue weighted by Gasteiger charge is 2.23. The van der Waals surface area contributed by atoms with Gasteiger partial charge in [-0.3, -0.25) is 4.79 Å². The van der Waals surface area contributed by atoms with Crippen LogP contribution in [0.15, 0.2) is 85.1 Å². The van der Waals surface area contributed by atoms with Gasteiger partial charge in [0.25, 0.3) is 0 Å². The molecule has 0 aliphatic heterocycles. The SMILES string of the molecule is CCn1cc(C(CC(=O)NC(C)c2ccccc2)c2cccc(C)c2)c2ccccc21. The van der Waals surface area contributed by atoms with Gasteiger partial charge in [0, 0.05) is 36.0 Å². The summed E-state index contributed by atoms with van der Waals surface area (Å²) in [6.45, 7) is 7.20. The van der Waals surface area contributed by atoms with E-state index in [1.807, 2.05) is 25.1 Å². The first-order chi connectivity index (χ1) is 15.1. The summed E-state index contributed by atoms with van der Waals surface area (Å²) in [6.07, 6.45) is 2.64. The van der Waals surface area contributed by atoms with Crippen LogP contribution in [0.4, 0.5) is 0 Å². The van der Waals surface area contributed by atoms with Crippen LogP contribution in [-0.2, 0) is 11.3 Å². The molecule has 1 amide bonds. The molecule has 1 aromatic heterocycles. The van der Waals surface area contributed by atoms with Crippen LogP contribution in [0.3, 0.4) is 0 Å². The highest BCUT2D eigenvalue weighted by molar-refractivity contribution is 5.86. The van der Waals surface area contributed by atoms with Crippen LogP contribution in [0, 0.1) is 6.92 Å². The minimum absolute atomic E-state index is 0.000531. The summed E-state index contributed by atoms with van der Waals surface area (Å²) < 4.78 is 2.28. The maximum absolute atomic E-state index is 13.2. The number of benzene rings is 3. The van der Waals surface area contributed by atoms with Gasteiger partial charge in [-0.15, -0.1) is 0 Å². The molecule has 0 aliphatic rings. The second kappa shape index (κ2) is 9.22. The zero-order chi connectivity index (χ0) is 21.8. The van der Waals surface area contributed by atoms with Crippen LogP contribution in [0.25, 0.3) is 10.9 Å². The van der Waals surface area contributed by atoms with E-state index in [9.17, 15) is 4.79 Å². The number of hydrogen-bond acceptors (Lipinski definition) is 1. The molecule has 0 saturated carbocycles. The molecule has 1 N–H and O–H groups in total. The molecule has 2 unspecified atom stereocenters. The topological polar surface area (TPSA) is 34.0 Å². The van der Waals surface area contributed by atoms with Crippen molar-refractivity contribution < 1.29 is 4.79 Å². The summed E-state index contributed by atoms with van der Waals surface area (Å²) in [5, 5.41) is 4.43. The number of nitrogens with zero attached hydrogens (tertiary/aromatic N) is 1. The Kier molecular flexibility index (Phi) is 6.22. The Labute approximate surface area is 184 Å². The third kappa shape index (κ3) is 4.56. The van der Waals surface area contributed by atoms with Gasteiger partial charge in [0.2, 0.25) is 5.91 Å². The number of carbonyl (C=O) groups excluding carboxylic acids is 1. The van der Waals surface area contributed by atoms with Gasteiger partial charge < -0.3 is 9.88 Å². The molecule has 0 bridgehead atoms. The van der Waals surface area contributed by atoms with E-state index in [1.54, 1.807) is 0 Å². The van der Waals surface area contributed by atoms with Crippen molar-refractivity contribution in [3.63, 3.8) is 0 Å². The van der Waals surface area contributed by atoms with E-state index in [0.29, 0.717) is 6.42 Å². The van der Waals surface area contributed by atoms with Crippen molar-refractivity contribution in [2.45, 2.75) is 45.7 Å². The number of nitrogens with one attached hydrogen (secondary N) is 1. The van der Waals surface area contributed by atoms with Gasteiger partial charge in [-0.1, -0.05) is 78.4 Å². The molecule has 0 aliphatic carbocycles. The van der Waals surface area contributed by atoms with Crippen molar-refractivity contribution in [1.82, 2.24) is 9.88 Å². The van der Waals surface area contributed by atoms with Crippen LogP contribution >= 0.6 is 0 Å². The van der Waals surface area contributed by atoms with Gasteiger partial charge in [-0.05, 0) is 43.5 Å². The molecule has 1 heterocycles. The summed E-state index contributed by atoms with van der Waals surface area (Å²) >= 11 is 0. The molecule has 0 fully saturated rings. The van der Waals surface area contributed by atoms with Crippen molar-refractivity contribution in [3.05, 3.63) is 107 Å². The third-order valence-corrected chi connectivity index (χ3v) is 6.05. The minimum atomic E-state index is -0.0242. The van der Waals surface area contributed by atoms with Crippen LogP contribution in [-0.4, -0.2) is 10.5 Å². The number of amides is 1. The average molecular weight is 411 g/mol. The summed E-state index contributed by atoms with van der Waals surface area (Å²) in [5.74, 6) is 0.0664. The van der Waals surface area contributed by atoms with Crippen LogP contribution in [0.2, 0.25) is 0 Å². The predicted molar refractivity (Wildman–Crippen MR) is 128 cm³/mol. The molecule has 3 aromatic carbocycles. The molecule has 4 rings (SSSR count). The van der Waals surface area contributed by atoms with Gasteiger partial charge >= 0.3 is 0 Å². The van der Waals surface area contributed by atoms with E-state index in [2.05, 4.69) is 90.6 Å². The first-order valence-corrected chi connectivity index (χ1v) is 11.1. The monoisotopic (exact) mass is 410 g/mol. The molecule has 3 nitrogen and oxygen atoms in total. The van der Waals surface area contributed by atoms with Crippen molar-refractivity contribution >= 4 is 16.8 Å². The van der Waals surface area contributed by atoms with E-state index in [1.165, 1.54) is 27.6 Å². The van der Waals surface area contributed by atoms with Crippen molar-refractivity contribution in [3.8, 4) is 0 Å². The number of carbonyl (C=O) groups is 1. The minimum Gasteiger partial charge on any atom is -0.350 e. The maximum Gasteiger partial charge on any atom is 0.221 e. The Hall–Kier alpha value is -3.33. The smallest absolute Gasteiger partial charge is 0.221 e. The molecular weight excluding hydrogens is 380 g/mol. The highest BCUT2D eigenvalue weighted by atomic mass is 16.1. The van der Waals surface area contributed by atoms with E-state index in [4.69, 9.17) is 0 Å². The fourth-order valence-electron chi connectivity index (χ4n) is 4.42. The van der Waals surface area contributed by atoms with Crippen LogP contribution < -0.4 is 5.32 Å². The fourth-order valence-corrected chi connectivity index (χ4v) is 4.42. The molecular formula is C28H30N2O. The lowest BCUT2D eigenvalue weighted by Gasteiger charge is -2.20. The first-order valence-electron chi connectivity index (χ1n) is 11.1. The Morgan fingerprint density at radius 2 is 1.65 bits per heavy atom. The Balaban J connectivity index is 1.69. The highest BCUT2D eigenvalue weighted by Crippen LogP contribution is 2.35. The number of para-hydroxylation sites is 1. The van der Waals surface area contributed by atoms with E-state index in [-0.39, 0.29) is 17.9 Å². The van der Waals surface area contributed by atoms with Crippen molar-refractivity contribution in [2.75, 3.05) is 0 Å². The number of aryl methyl sites for hydroxylation is 2. The standard InChI is InChI=1S/C28H30N2O/c1-4-30-19-26(24-15-8-9-16-27(24)30)25(23-14-10-11-20(2)17-23)18-28(31)29-21(3)22-12-6-5-7-13-22/h5-17,19,21,25H,4,18H2,1-3H3,(H,29,31). The van der Waals surface area contributed by atoms with E-state index < -0.39 is 0 Å². The largest absolute Gasteiger partial charge is 0.350 e. The normalized spacial score (nSPS) is 13.1. The molecule has 158 valence electrons. The molecule has 0 radical (unpaired) electrons. The number of aromatic nitrogens is 1. The molecule has 3 heteroatoms. The van der Waals surface area contributed by atoms with E-state index in [0.717, 1.165) is 12.1 Å². The van der Waals surface area contributed by atoms with Gasteiger partial charge in [0.1, 0.15) is 0 Å². The van der Waals surface area contributed by atoms with Gasteiger partial charge in [-0.25, -0.2) is 0 Å². The molecule has 2 atom stereocenters. The summed E-state index contributed by atoms with van der Waals surface area (Å²) in [7, 11) is 0. The summed E-state index contributed by atoms with van der Waals surface area (Å²) in [4.78, 5) is 13.2. The Bertz CT molecular complexity index is 1180. The lowest BCUT2D eigenvalue weighted by molar-refractivity contribution is -0.121. The zero-order valence-electron chi connectivity index (χ0n) is 18.5. The Morgan fingerprint density at radius 3 is 2.39 bits per heavy atom. The fraction of sp³-hybridized carbons (Fsp3) is 0.250. The van der Waals surface area contributed by atoms with Crippen LogP contribution in [0.1, 0.15) is 54.5 Å². The lowest BCUT2D eigenvalue weighted by atomic mass is 9.87. The molecule has 0 saturated heterocycles. The van der Waals surface area contributed by atoms with Crippen LogP contribution in [0.5, 0.6) is 0 Å². The van der Waals surface area contributed by atoms with Crippen molar-refractivity contribution in [2.24, 2.45) is 0 Å². The number of fused-ring (bicyclic) bond motifs is 1. The zero-order valence-corrected chi connectivity index (χ0v) is 18.5. The second-order valence-corrected chi connectivity index (χ2v) is 8.26. The predicted octanol–water partition coefficient (Wildman–Crippen LogP) is 6.37. The van der Waals surface area contributed by atoms with E-state index >= 15 is 0 Å². The maximum atomic E-state index is 13.2. The summed E-state index contributed by atoms with van der Waals surface area (Å²) in [6, 6.07) is 27.1. The first kappa shape index (κ1) is 20.9. The second-order valence-electron chi connectivity index (χ2n) is 8.26. The molecule has 31 heavy (non-hydrogen) atoms. The average Bonchev–Trinajstić information content (AvgIpc) is 3.16. The van der Waals surface area contributed by atoms with Gasteiger partial charge in [0.05, 0.1) is 6.04 Å². The van der Waals surface area contributed by atoms with Crippen molar-refractivity contribution in [1.29, 1.82) is 0 Å². The number of hydrogen-bond donors (Lipinski definition) is 1. The molecule has 4 aromatic rings. The quantitative estimate of drug-likeness (QED) is 0.377. The van der Waals surface area contributed by atoms with Gasteiger partial charge in [0.15, 0.2) is 0 Å². The third-order valence-electron chi connectivity index (χ3n) is 6.05. The lowest BCUT2D eigenvalue weighted by Crippen LogP contribution is -2.28. The molecule has 0 spiro atoms. The summed E-state index contributed by atoms with van der Waals surface area (Å²) in [5.41, 5.74) is 5.94. The van der Waals surface area contributed by atoms with Gasteiger partial charge in [-0.2, -0.15) is 0 Å². The number of rotatable bonds is 7.